The van der Waals surface area contributed by atoms with Crippen LogP contribution in [0.3, 0.4) is 0 Å². The molecule has 0 aromatic heterocycles. The van der Waals surface area contributed by atoms with Gasteiger partial charge in [0.15, 0.2) is 0 Å². The molecule has 0 fully saturated rings. The summed E-state index contributed by atoms with van der Waals surface area (Å²) in [6.45, 7) is 4.86. The van der Waals surface area contributed by atoms with Gasteiger partial charge in [-0.3, -0.25) is 13.8 Å². The Kier molecular flexibility index (Phi) is 31.1. The number of hydrogen-bond acceptors (Lipinski definition) is 5. The Morgan fingerprint density at radius 2 is 1.02 bits per heavy atom. The summed E-state index contributed by atoms with van der Waals surface area (Å²) in [7, 11) is 1.62. The van der Waals surface area contributed by atoms with Crippen LogP contribution in [0.15, 0.2) is 0 Å². The van der Waals surface area contributed by atoms with E-state index < -0.39 is 20.0 Å². The summed E-state index contributed by atoms with van der Waals surface area (Å²) in [5.74, 6) is -0.148. The number of hydrogen-bond donors (Lipinski definition) is 3. The number of aliphatic hydroxyl groups is 1. The van der Waals surface area contributed by atoms with Gasteiger partial charge in [0.2, 0.25) is 5.91 Å². The maximum atomic E-state index is 12.7. The van der Waals surface area contributed by atoms with Gasteiger partial charge in [0.05, 0.1) is 39.9 Å². The SMILES string of the molecule is CCCCCCCCCCCCCCCCCCC[C@@H](O)[C@H](COP(=O)(O)OCC[N+](C)(C)C)NC(=O)CCCCCCCCCC. The van der Waals surface area contributed by atoms with Crippen molar-refractivity contribution in [2.75, 3.05) is 40.9 Å². The lowest BCUT2D eigenvalue weighted by atomic mass is 10.0. The van der Waals surface area contributed by atoms with Crippen LogP contribution in [-0.4, -0.2) is 73.4 Å². The second-order valence-electron chi connectivity index (χ2n) is 15.0. The molecular formula is C38H80N2O6P+. The first kappa shape index (κ1) is 46.5. The molecule has 0 heterocycles. The van der Waals surface area contributed by atoms with E-state index in [4.69, 9.17) is 9.05 Å². The van der Waals surface area contributed by atoms with E-state index in [2.05, 4.69) is 19.2 Å². The fourth-order valence-corrected chi connectivity index (χ4v) is 6.60. The number of phosphoric acid groups is 1. The molecule has 1 amide bonds. The van der Waals surface area contributed by atoms with Gasteiger partial charge < -0.3 is 19.8 Å². The Bertz CT molecular complexity index is 748. The van der Waals surface area contributed by atoms with Gasteiger partial charge in [-0.05, 0) is 12.8 Å². The van der Waals surface area contributed by atoms with E-state index in [-0.39, 0.29) is 19.1 Å². The fraction of sp³-hybridized carbons (Fsp3) is 0.974. The normalized spacial score (nSPS) is 14.6. The Morgan fingerprint density at radius 3 is 1.43 bits per heavy atom. The Morgan fingerprint density at radius 1 is 0.638 bits per heavy atom. The van der Waals surface area contributed by atoms with E-state index in [9.17, 15) is 19.4 Å². The molecule has 282 valence electrons. The highest BCUT2D eigenvalue weighted by molar-refractivity contribution is 7.47. The lowest BCUT2D eigenvalue weighted by molar-refractivity contribution is -0.870. The van der Waals surface area contributed by atoms with Gasteiger partial charge in [-0.1, -0.05) is 168 Å². The molecule has 0 aliphatic heterocycles. The summed E-state index contributed by atoms with van der Waals surface area (Å²) in [5, 5.41) is 13.9. The minimum atomic E-state index is -4.30. The van der Waals surface area contributed by atoms with Crippen molar-refractivity contribution in [3.63, 3.8) is 0 Å². The summed E-state index contributed by atoms with van der Waals surface area (Å²) in [6.07, 6.45) is 31.3. The number of amides is 1. The third-order valence-corrected chi connectivity index (χ3v) is 10.1. The Balaban J connectivity index is 4.33. The number of aliphatic hydroxyl groups excluding tert-OH is 1. The maximum Gasteiger partial charge on any atom is 0.472 e. The second-order valence-corrected chi connectivity index (χ2v) is 16.5. The Labute approximate surface area is 291 Å². The zero-order valence-electron chi connectivity index (χ0n) is 31.8. The van der Waals surface area contributed by atoms with Crippen LogP contribution in [0.1, 0.15) is 187 Å². The zero-order valence-corrected chi connectivity index (χ0v) is 32.7. The summed E-state index contributed by atoms with van der Waals surface area (Å²) >= 11 is 0. The topological polar surface area (TPSA) is 105 Å². The molecule has 0 radical (unpaired) electrons. The standard InChI is InChI=1S/C38H79N2O6P/c1-6-8-10-12-14-16-17-18-19-20-21-22-23-24-25-27-29-31-37(41)36(35-46-47(43,44)45-34-33-40(3,4)5)39-38(42)32-30-28-26-15-13-11-9-7-2/h36-37,41H,6-35H2,1-5H3,(H-,39,42,43,44)/p+1/t36-,37+/m0/s1. The largest absolute Gasteiger partial charge is 0.472 e. The van der Waals surface area contributed by atoms with Crippen molar-refractivity contribution in [1.82, 2.24) is 5.32 Å². The number of unbranched alkanes of at least 4 members (excludes halogenated alkanes) is 23. The quantitative estimate of drug-likeness (QED) is 0.0343. The maximum absolute atomic E-state index is 12.7. The first-order valence-electron chi connectivity index (χ1n) is 19.9. The lowest BCUT2D eigenvalue weighted by Crippen LogP contribution is -2.46. The number of nitrogens with one attached hydrogen (secondary N) is 1. The van der Waals surface area contributed by atoms with Crippen molar-refractivity contribution in [3.8, 4) is 0 Å². The van der Waals surface area contributed by atoms with Gasteiger partial charge in [0, 0.05) is 6.42 Å². The van der Waals surface area contributed by atoms with Crippen LogP contribution in [-0.2, 0) is 18.4 Å². The van der Waals surface area contributed by atoms with Crippen molar-refractivity contribution < 1.29 is 32.9 Å². The second kappa shape index (κ2) is 31.5. The minimum absolute atomic E-state index is 0.0779. The number of nitrogens with zero attached hydrogens (tertiary/aromatic N) is 1. The first-order chi connectivity index (χ1) is 22.5. The first-order valence-corrected chi connectivity index (χ1v) is 21.4. The van der Waals surface area contributed by atoms with Crippen molar-refractivity contribution in [2.45, 2.75) is 199 Å². The average molecular weight is 692 g/mol. The highest BCUT2D eigenvalue weighted by Gasteiger charge is 2.28. The molecule has 0 aromatic rings. The summed E-state index contributed by atoms with van der Waals surface area (Å²) in [5.41, 5.74) is 0. The van der Waals surface area contributed by atoms with Crippen molar-refractivity contribution in [2.24, 2.45) is 0 Å². The predicted molar refractivity (Wildman–Crippen MR) is 199 cm³/mol. The molecule has 0 rings (SSSR count). The highest BCUT2D eigenvalue weighted by Crippen LogP contribution is 2.43. The third-order valence-electron chi connectivity index (χ3n) is 9.11. The smallest absolute Gasteiger partial charge is 0.391 e. The molecule has 47 heavy (non-hydrogen) atoms. The van der Waals surface area contributed by atoms with Crippen LogP contribution in [0.4, 0.5) is 0 Å². The summed E-state index contributed by atoms with van der Waals surface area (Å²) < 4.78 is 23.5. The number of rotatable bonds is 36. The number of quaternary nitrogens is 1. The molecule has 0 saturated carbocycles. The molecule has 0 spiro atoms. The minimum Gasteiger partial charge on any atom is -0.391 e. The predicted octanol–water partition coefficient (Wildman–Crippen LogP) is 10.2. The van der Waals surface area contributed by atoms with Crippen molar-refractivity contribution in [3.05, 3.63) is 0 Å². The zero-order chi connectivity index (χ0) is 35.1. The highest BCUT2D eigenvalue weighted by atomic mass is 31.2. The van der Waals surface area contributed by atoms with E-state index in [1.54, 1.807) is 0 Å². The number of carbonyl (C=O) groups is 1. The van der Waals surface area contributed by atoms with Crippen LogP contribution < -0.4 is 5.32 Å². The average Bonchev–Trinajstić information content (AvgIpc) is 3.01. The van der Waals surface area contributed by atoms with Gasteiger partial charge in [0.1, 0.15) is 13.2 Å². The molecule has 0 aromatic carbocycles. The van der Waals surface area contributed by atoms with E-state index in [0.717, 1.165) is 38.5 Å². The Hall–Kier alpha value is -0.500. The van der Waals surface area contributed by atoms with Gasteiger partial charge in [0.25, 0.3) is 0 Å². The molecule has 3 N–H and O–H groups in total. The number of carbonyl (C=O) groups excluding carboxylic acids is 1. The molecule has 0 aliphatic rings. The fourth-order valence-electron chi connectivity index (χ4n) is 5.87. The molecule has 0 saturated heterocycles. The molecule has 0 aliphatic carbocycles. The van der Waals surface area contributed by atoms with Gasteiger partial charge in [-0.15, -0.1) is 0 Å². The molecule has 9 heteroatoms. The van der Waals surface area contributed by atoms with E-state index in [0.29, 0.717) is 23.9 Å². The lowest BCUT2D eigenvalue weighted by Gasteiger charge is -2.26. The van der Waals surface area contributed by atoms with Crippen molar-refractivity contribution >= 4 is 13.7 Å². The van der Waals surface area contributed by atoms with E-state index >= 15 is 0 Å². The van der Waals surface area contributed by atoms with E-state index in [1.807, 2.05) is 21.1 Å². The van der Waals surface area contributed by atoms with Crippen molar-refractivity contribution in [1.29, 1.82) is 0 Å². The number of likely N-dealkylation sites (N-methyl/N-ethyl adjacent to an activating group) is 1. The van der Waals surface area contributed by atoms with Gasteiger partial charge in [-0.25, -0.2) is 4.57 Å². The monoisotopic (exact) mass is 692 g/mol. The molecular weight excluding hydrogens is 611 g/mol. The van der Waals surface area contributed by atoms with E-state index in [1.165, 1.54) is 122 Å². The van der Waals surface area contributed by atoms with Gasteiger partial charge in [-0.2, -0.15) is 0 Å². The summed E-state index contributed by atoms with van der Waals surface area (Å²) in [6, 6.07) is -0.750. The molecule has 0 bridgehead atoms. The molecule has 8 nitrogen and oxygen atoms in total. The van der Waals surface area contributed by atoms with Crippen LogP contribution in [0.5, 0.6) is 0 Å². The van der Waals surface area contributed by atoms with Crippen LogP contribution in [0.25, 0.3) is 0 Å². The summed E-state index contributed by atoms with van der Waals surface area (Å²) in [4.78, 5) is 22.9. The van der Waals surface area contributed by atoms with Crippen LogP contribution in [0, 0.1) is 0 Å². The third kappa shape index (κ3) is 33.8. The molecule has 1 unspecified atom stereocenters. The van der Waals surface area contributed by atoms with Crippen LogP contribution in [0.2, 0.25) is 0 Å². The van der Waals surface area contributed by atoms with Gasteiger partial charge >= 0.3 is 7.82 Å². The molecule has 3 atom stereocenters. The number of phosphoric ester groups is 1. The van der Waals surface area contributed by atoms with Crippen LogP contribution >= 0.6 is 7.82 Å².